The van der Waals surface area contributed by atoms with Crippen LogP contribution in [0.2, 0.25) is 0 Å². The fourth-order valence-corrected chi connectivity index (χ4v) is 4.31. The van der Waals surface area contributed by atoms with E-state index in [4.69, 9.17) is 0 Å². The van der Waals surface area contributed by atoms with Crippen LogP contribution in [0.5, 0.6) is 0 Å². The Labute approximate surface area is 174 Å². The fraction of sp³-hybridized carbons (Fsp3) is 0.409. The zero-order chi connectivity index (χ0) is 21.8. The highest BCUT2D eigenvalue weighted by Crippen LogP contribution is 2.18. The standard InChI is InChI=1S/C22H31N3O3S/c1-16-12-13-19(29(27,28)24-22(3,4)5)14-20(16)21(26)23-15-17(2)25(6)18-10-8-7-9-11-18/h7-14,17,24H,15H2,1-6H3,(H,23,26). The molecular formula is C22H31N3O3S. The second-order valence-corrected chi connectivity index (χ2v) is 10.0. The van der Waals surface area contributed by atoms with Gasteiger partial charge in [0.2, 0.25) is 10.0 Å². The maximum Gasteiger partial charge on any atom is 0.251 e. The zero-order valence-electron chi connectivity index (χ0n) is 18.0. The van der Waals surface area contributed by atoms with Crippen molar-refractivity contribution in [3.05, 3.63) is 59.7 Å². The van der Waals surface area contributed by atoms with E-state index >= 15 is 0 Å². The summed E-state index contributed by atoms with van der Waals surface area (Å²) in [5, 5.41) is 2.92. The number of benzene rings is 2. The molecule has 1 amide bonds. The van der Waals surface area contributed by atoms with E-state index < -0.39 is 15.6 Å². The summed E-state index contributed by atoms with van der Waals surface area (Å²) >= 11 is 0. The van der Waals surface area contributed by atoms with Gasteiger partial charge >= 0.3 is 0 Å². The average Bonchev–Trinajstić information content (AvgIpc) is 2.64. The van der Waals surface area contributed by atoms with Crippen LogP contribution >= 0.6 is 0 Å². The molecule has 0 aliphatic rings. The first-order chi connectivity index (χ1) is 13.4. The van der Waals surface area contributed by atoms with Crippen molar-refractivity contribution in [3.63, 3.8) is 0 Å². The van der Waals surface area contributed by atoms with Crippen LogP contribution in [0.1, 0.15) is 43.6 Å². The van der Waals surface area contributed by atoms with Crippen molar-refractivity contribution in [2.45, 2.75) is 51.1 Å². The van der Waals surface area contributed by atoms with E-state index in [1.54, 1.807) is 33.8 Å². The summed E-state index contributed by atoms with van der Waals surface area (Å²) in [4.78, 5) is 14.9. The average molecular weight is 418 g/mol. The molecule has 0 saturated carbocycles. The molecule has 0 radical (unpaired) electrons. The van der Waals surface area contributed by atoms with Gasteiger partial charge in [-0.1, -0.05) is 24.3 Å². The Morgan fingerprint density at radius 3 is 2.31 bits per heavy atom. The van der Waals surface area contributed by atoms with Gasteiger partial charge < -0.3 is 10.2 Å². The minimum absolute atomic E-state index is 0.0659. The first-order valence-corrected chi connectivity index (χ1v) is 11.1. The summed E-state index contributed by atoms with van der Waals surface area (Å²) in [5.41, 5.74) is 1.54. The Balaban J connectivity index is 2.13. The number of carbonyl (C=O) groups excluding carboxylic acids is 1. The molecule has 0 aromatic heterocycles. The summed E-state index contributed by atoms with van der Waals surface area (Å²) < 4.78 is 27.8. The van der Waals surface area contributed by atoms with Gasteiger partial charge in [-0.3, -0.25) is 4.79 Å². The monoisotopic (exact) mass is 417 g/mol. The predicted octanol–water partition coefficient (Wildman–Crippen LogP) is 3.33. The molecule has 2 rings (SSSR count). The van der Waals surface area contributed by atoms with E-state index in [0.717, 1.165) is 11.3 Å². The van der Waals surface area contributed by atoms with E-state index in [0.29, 0.717) is 12.1 Å². The fourth-order valence-electron chi connectivity index (χ4n) is 2.87. The maximum absolute atomic E-state index is 12.7. The molecule has 2 N–H and O–H groups in total. The van der Waals surface area contributed by atoms with Gasteiger partial charge in [0.1, 0.15) is 0 Å². The number of hydrogen-bond acceptors (Lipinski definition) is 4. The van der Waals surface area contributed by atoms with Crippen LogP contribution in [0, 0.1) is 6.92 Å². The van der Waals surface area contributed by atoms with Gasteiger partial charge in [0, 0.05) is 36.4 Å². The first-order valence-electron chi connectivity index (χ1n) is 9.61. The highest BCUT2D eigenvalue weighted by atomic mass is 32.2. The lowest BCUT2D eigenvalue weighted by atomic mass is 10.1. The van der Waals surface area contributed by atoms with Crippen molar-refractivity contribution in [2.24, 2.45) is 0 Å². The lowest BCUT2D eigenvalue weighted by Crippen LogP contribution is -2.41. The Bertz CT molecular complexity index is 951. The van der Waals surface area contributed by atoms with Crippen molar-refractivity contribution in [2.75, 3.05) is 18.5 Å². The van der Waals surface area contributed by atoms with Crippen molar-refractivity contribution in [3.8, 4) is 0 Å². The lowest BCUT2D eigenvalue weighted by molar-refractivity contribution is 0.0951. The topological polar surface area (TPSA) is 78.5 Å². The summed E-state index contributed by atoms with van der Waals surface area (Å²) in [6.45, 7) is 9.57. The van der Waals surface area contributed by atoms with Crippen LogP contribution in [0.3, 0.4) is 0 Å². The molecule has 0 aliphatic heterocycles. The van der Waals surface area contributed by atoms with Gasteiger partial charge in [-0.2, -0.15) is 0 Å². The number of aryl methyl sites for hydroxylation is 1. The van der Waals surface area contributed by atoms with E-state index in [9.17, 15) is 13.2 Å². The molecule has 2 aromatic carbocycles. The molecule has 0 heterocycles. The third-order valence-corrected chi connectivity index (χ3v) is 6.34. The Morgan fingerprint density at radius 2 is 1.72 bits per heavy atom. The first kappa shape index (κ1) is 22.9. The molecule has 0 bridgehead atoms. The normalized spacial score (nSPS) is 13.0. The Morgan fingerprint density at radius 1 is 1.10 bits per heavy atom. The summed E-state index contributed by atoms with van der Waals surface area (Å²) in [5.74, 6) is -0.288. The molecule has 0 aliphatic carbocycles. The summed E-state index contributed by atoms with van der Waals surface area (Å²) in [6, 6.07) is 14.6. The smallest absolute Gasteiger partial charge is 0.251 e. The molecule has 29 heavy (non-hydrogen) atoms. The number of nitrogens with zero attached hydrogens (tertiary/aromatic N) is 1. The molecule has 7 heteroatoms. The molecular weight excluding hydrogens is 386 g/mol. The highest BCUT2D eigenvalue weighted by molar-refractivity contribution is 7.89. The maximum atomic E-state index is 12.7. The largest absolute Gasteiger partial charge is 0.370 e. The molecule has 2 aromatic rings. The van der Waals surface area contributed by atoms with Crippen LogP contribution in [0.15, 0.2) is 53.4 Å². The number of likely N-dealkylation sites (N-methyl/N-ethyl adjacent to an activating group) is 1. The number of para-hydroxylation sites is 1. The van der Waals surface area contributed by atoms with Gasteiger partial charge in [-0.05, 0) is 64.4 Å². The molecule has 1 unspecified atom stereocenters. The van der Waals surface area contributed by atoms with E-state index in [-0.39, 0.29) is 16.8 Å². The van der Waals surface area contributed by atoms with Gasteiger partial charge in [-0.25, -0.2) is 13.1 Å². The predicted molar refractivity (Wildman–Crippen MR) is 118 cm³/mol. The molecule has 158 valence electrons. The minimum Gasteiger partial charge on any atom is -0.370 e. The minimum atomic E-state index is -3.71. The number of rotatable bonds is 7. The SMILES string of the molecule is Cc1ccc(S(=O)(=O)NC(C)(C)C)cc1C(=O)NCC(C)N(C)c1ccccc1. The number of sulfonamides is 1. The van der Waals surface area contributed by atoms with Crippen LogP contribution in [-0.4, -0.2) is 39.5 Å². The van der Waals surface area contributed by atoms with Crippen molar-refractivity contribution >= 4 is 21.6 Å². The second kappa shape index (κ2) is 8.97. The van der Waals surface area contributed by atoms with Gasteiger partial charge in [-0.15, -0.1) is 0 Å². The van der Waals surface area contributed by atoms with E-state index in [1.165, 1.54) is 12.1 Å². The van der Waals surface area contributed by atoms with Gasteiger partial charge in [0.15, 0.2) is 0 Å². The Hall–Kier alpha value is -2.38. The number of nitrogens with one attached hydrogen (secondary N) is 2. The summed E-state index contributed by atoms with van der Waals surface area (Å²) in [6.07, 6.45) is 0. The second-order valence-electron chi connectivity index (χ2n) is 8.34. The van der Waals surface area contributed by atoms with Crippen molar-refractivity contribution < 1.29 is 13.2 Å². The number of amides is 1. The molecule has 6 nitrogen and oxygen atoms in total. The number of hydrogen-bond donors (Lipinski definition) is 2. The van der Waals surface area contributed by atoms with Crippen molar-refractivity contribution in [1.82, 2.24) is 10.0 Å². The highest BCUT2D eigenvalue weighted by Gasteiger charge is 2.23. The molecule has 1 atom stereocenters. The third-order valence-electron chi connectivity index (χ3n) is 4.59. The molecule has 0 fully saturated rings. The van der Waals surface area contributed by atoms with E-state index in [1.807, 2.05) is 44.3 Å². The van der Waals surface area contributed by atoms with Crippen LogP contribution < -0.4 is 14.9 Å². The van der Waals surface area contributed by atoms with Crippen LogP contribution in [0.25, 0.3) is 0 Å². The van der Waals surface area contributed by atoms with Gasteiger partial charge in [0.25, 0.3) is 5.91 Å². The third kappa shape index (κ3) is 6.30. The Kier molecular flexibility index (Phi) is 7.08. The van der Waals surface area contributed by atoms with Gasteiger partial charge in [0.05, 0.1) is 4.90 Å². The zero-order valence-corrected chi connectivity index (χ0v) is 18.8. The molecule has 0 spiro atoms. The van der Waals surface area contributed by atoms with E-state index in [2.05, 4.69) is 14.9 Å². The van der Waals surface area contributed by atoms with Crippen LogP contribution in [-0.2, 0) is 10.0 Å². The summed E-state index contributed by atoms with van der Waals surface area (Å²) in [7, 11) is -1.73. The quantitative estimate of drug-likeness (QED) is 0.724. The van der Waals surface area contributed by atoms with Crippen LogP contribution in [0.4, 0.5) is 5.69 Å². The number of carbonyl (C=O) groups is 1. The molecule has 0 saturated heterocycles. The number of anilines is 1. The van der Waals surface area contributed by atoms with Crippen molar-refractivity contribution in [1.29, 1.82) is 0 Å². The lowest BCUT2D eigenvalue weighted by Gasteiger charge is -2.27.